The Balaban J connectivity index is 0.000000356. The normalized spacial score (nSPS) is 8.28. The van der Waals surface area contributed by atoms with E-state index in [0.29, 0.717) is 0 Å². The molecule has 8 radical (unpaired) electrons. The molecule has 0 aromatic heterocycles. The molecule has 0 saturated carbocycles. The van der Waals surface area contributed by atoms with Crippen molar-refractivity contribution in [3.8, 4) is 0 Å². The van der Waals surface area contributed by atoms with Gasteiger partial charge in [0.05, 0.1) is 0 Å². The first-order valence-electron chi connectivity index (χ1n) is 8.46. The second-order valence-corrected chi connectivity index (χ2v) is 9.21. The van der Waals surface area contributed by atoms with Crippen molar-refractivity contribution in [3.05, 3.63) is 121 Å². The maximum Gasteiger partial charge on any atom is 0 e. The molecule has 0 spiro atoms. The molecule has 0 atom stereocenters. The minimum atomic E-state index is 0. The van der Waals surface area contributed by atoms with E-state index in [1.54, 1.807) is 0 Å². The third-order valence-corrected chi connectivity index (χ3v) is 5.26. The van der Waals surface area contributed by atoms with E-state index in [2.05, 4.69) is 64.1 Å². The summed E-state index contributed by atoms with van der Waals surface area (Å²) in [7, 11) is 0. The Kier molecular flexibility index (Phi) is 19.5. The van der Waals surface area contributed by atoms with E-state index in [0.717, 1.165) is 0 Å². The fourth-order valence-electron chi connectivity index (χ4n) is 1.68. The average molecular weight is 743 g/mol. The third kappa shape index (κ3) is 18.3. The molecular weight excluding hydrogens is 723 g/mol. The summed E-state index contributed by atoms with van der Waals surface area (Å²) in [6.45, 7) is 0. The van der Waals surface area contributed by atoms with Gasteiger partial charge in [-0.2, -0.15) is 0 Å². The number of rotatable bonds is 0. The minimum absolute atomic E-state index is 0. The van der Waals surface area contributed by atoms with Crippen LogP contribution in [0, 0.1) is 0 Å². The Morgan fingerprint density at radius 3 is 0.483 bits per heavy atom. The van der Waals surface area contributed by atoms with Crippen molar-refractivity contribution in [2.45, 2.75) is 0 Å². The molecule has 0 N–H and O–H groups in total. The number of hydrogen-bond acceptors (Lipinski definition) is 0. The number of benzene rings is 4. The summed E-state index contributed by atoms with van der Waals surface area (Å²) in [5.41, 5.74) is 0. The van der Waals surface area contributed by atoms with Gasteiger partial charge in [-0.15, -0.1) is 0 Å². The van der Waals surface area contributed by atoms with Gasteiger partial charge in [0.2, 0.25) is 0 Å². The molecule has 29 heavy (non-hydrogen) atoms. The summed E-state index contributed by atoms with van der Waals surface area (Å²) in [5.74, 6) is 0. The van der Waals surface area contributed by atoms with Crippen LogP contribution in [0.4, 0.5) is 0 Å². The van der Waals surface area contributed by atoms with Crippen molar-refractivity contribution in [3.63, 3.8) is 0 Å². The van der Waals surface area contributed by atoms with Gasteiger partial charge in [0.25, 0.3) is 0 Å². The molecule has 0 aliphatic heterocycles. The average Bonchev–Trinajstić information content (AvgIpc) is 2.72. The van der Waals surface area contributed by atoms with E-state index in [1.165, 1.54) is 17.8 Å². The predicted molar refractivity (Wildman–Crippen MR) is 133 cm³/mol. The van der Waals surface area contributed by atoms with Crippen molar-refractivity contribution >= 4 is 106 Å². The van der Waals surface area contributed by atoms with Gasteiger partial charge in [-0.25, -0.2) is 0 Å². The summed E-state index contributed by atoms with van der Waals surface area (Å²) < 4.78 is 4.79. The van der Waals surface area contributed by atoms with Crippen molar-refractivity contribution < 1.29 is 0 Å². The molecule has 5 heteroatoms. The van der Waals surface area contributed by atoms with E-state index in [1.807, 2.05) is 121 Å². The molecule has 4 aromatic carbocycles. The third-order valence-electron chi connectivity index (χ3n) is 2.97. The van der Waals surface area contributed by atoms with Crippen LogP contribution in [0.2, 0.25) is 0 Å². The Labute approximate surface area is 224 Å². The maximum absolute atomic E-state index is 2.90. The van der Waals surface area contributed by atoms with Crippen molar-refractivity contribution in [2.75, 3.05) is 0 Å². The molecule has 0 aliphatic carbocycles. The first-order chi connectivity index (χ1) is 13.6. The van der Waals surface area contributed by atoms with Crippen LogP contribution in [-0.2, 0) is 0 Å². The molecule has 4 aromatic rings. The summed E-state index contributed by atoms with van der Waals surface area (Å²) in [4.78, 5) is 0. The van der Waals surface area contributed by atoms with Gasteiger partial charge in [-0.05, 0) is 0 Å². The molecule has 0 amide bonds. The van der Waals surface area contributed by atoms with Crippen LogP contribution in [0.15, 0.2) is 121 Å². The molecule has 144 valence electrons. The molecule has 0 fully saturated rings. The Bertz CT molecular complexity index is 693. The van der Waals surface area contributed by atoms with Crippen LogP contribution in [0.1, 0.15) is 0 Å². The van der Waals surface area contributed by atoms with Crippen molar-refractivity contribution in [2.24, 2.45) is 0 Å². The van der Waals surface area contributed by atoms with Gasteiger partial charge >= 0.3 is 203 Å². The summed E-state index contributed by atoms with van der Waals surface area (Å²) in [6, 6.07) is 40.3. The van der Waals surface area contributed by atoms with E-state index >= 15 is 0 Å². The predicted octanol–water partition coefficient (Wildman–Crippen LogP) is 1.54. The molecule has 0 bridgehead atoms. The van der Waals surface area contributed by atoms with Gasteiger partial charge in [0.1, 0.15) is 0 Å². The Morgan fingerprint density at radius 2 is 0.414 bits per heavy atom. The van der Waals surface area contributed by atoms with Crippen LogP contribution in [0.3, 0.4) is 0 Å². The standard InChI is InChI=1S/4C6H5Se.Sn/c4*7-6-4-2-1-3-5-6;/h4*1-5H;. The van der Waals surface area contributed by atoms with Crippen LogP contribution in [0.5, 0.6) is 0 Å². The van der Waals surface area contributed by atoms with Gasteiger partial charge in [0.15, 0.2) is 0 Å². The van der Waals surface area contributed by atoms with Crippen LogP contribution >= 0.6 is 0 Å². The molecule has 0 nitrogen and oxygen atoms in total. The van der Waals surface area contributed by atoms with Crippen molar-refractivity contribution in [1.82, 2.24) is 0 Å². The first-order valence-corrected chi connectivity index (χ1v) is 11.9. The Morgan fingerprint density at radius 1 is 0.276 bits per heavy atom. The van der Waals surface area contributed by atoms with Gasteiger partial charge in [-0.3, -0.25) is 0 Å². The first kappa shape index (κ1) is 28.8. The van der Waals surface area contributed by atoms with Gasteiger partial charge in [0, 0.05) is 23.9 Å². The fourth-order valence-corrected chi connectivity index (χ4v) is 3.00. The van der Waals surface area contributed by atoms with Gasteiger partial charge < -0.3 is 0 Å². The summed E-state index contributed by atoms with van der Waals surface area (Å²) >= 11 is 11.6. The topological polar surface area (TPSA) is 0 Å². The van der Waals surface area contributed by atoms with E-state index in [-0.39, 0.29) is 23.9 Å². The molecule has 0 heterocycles. The van der Waals surface area contributed by atoms with Crippen molar-refractivity contribution in [1.29, 1.82) is 0 Å². The van der Waals surface area contributed by atoms with E-state index < -0.39 is 0 Å². The largest absolute Gasteiger partial charge is 0 e. The maximum atomic E-state index is 2.90. The van der Waals surface area contributed by atoms with Crippen LogP contribution in [0.25, 0.3) is 0 Å². The quantitative estimate of drug-likeness (QED) is 0.240. The summed E-state index contributed by atoms with van der Waals surface area (Å²) in [5, 5.41) is 0. The van der Waals surface area contributed by atoms with E-state index in [4.69, 9.17) is 0 Å². The van der Waals surface area contributed by atoms with Crippen LogP contribution in [-0.4, -0.2) is 88.0 Å². The minimum Gasteiger partial charge on any atom is 0 e. The summed E-state index contributed by atoms with van der Waals surface area (Å²) in [6.07, 6.45) is 0. The monoisotopic (exact) mass is 748 g/mol. The number of hydrogen-bond donors (Lipinski definition) is 0. The fraction of sp³-hybridized carbons (Fsp3) is 0. The SMILES string of the molecule is [Se]c1ccccc1.[Se]c1ccccc1.[Se]c1ccccc1.[Se]c1ccccc1.[Sn]. The molecule has 4 rings (SSSR count). The Hall–Kier alpha value is -0.243. The molecular formula is C24H20Se4Sn. The van der Waals surface area contributed by atoms with Gasteiger partial charge in [-0.1, -0.05) is 0 Å². The molecule has 0 saturated heterocycles. The zero-order valence-electron chi connectivity index (χ0n) is 15.7. The smallest absolute Gasteiger partial charge is 0 e. The molecule has 0 aliphatic rings. The zero-order chi connectivity index (χ0) is 20.5. The molecule has 0 unspecified atom stereocenters. The zero-order valence-corrected chi connectivity index (χ0v) is 25.4. The second kappa shape index (κ2) is 19.7. The van der Waals surface area contributed by atoms with E-state index in [9.17, 15) is 0 Å². The second-order valence-electron chi connectivity index (χ2n) is 5.25. The van der Waals surface area contributed by atoms with Crippen LogP contribution < -0.4 is 17.8 Å².